The van der Waals surface area contributed by atoms with Crippen molar-refractivity contribution < 1.29 is 22.7 Å². The van der Waals surface area contributed by atoms with Crippen molar-refractivity contribution in [1.29, 1.82) is 0 Å². The van der Waals surface area contributed by atoms with Crippen molar-refractivity contribution in [2.45, 2.75) is 4.90 Å². The van der Waals surface area contributed by atoms with Crippen LogP contribution in [-0.4, -0.2) is 65.1 Å². The SMILES string of the molecule is COCCN(C(=O)c1ccc(OC)c(S(=O)(=O)N(C)C)c1)c1nc2ccccc2s1. The van der Waals surface area contributed by atoms with Crippen molar-refractivity contribution >= 4 is 42.6 Å². The van der Waals surface area contributed by atoms with E-state index in [-0.39, 0.29) is 28.7 Å². The van der Waals surface area contributed by atoms with Gasteiger partial charge < -0.3 is 9.47 Å². The maximum Gasteiger partial charge on any atom is 0.260 e. The summed E-state index contributed by atoms with van der Waals surface area (Å²) in [5.74, 6) is -0.201. The molecule has 0 spiro atoms. The molecule has 3 rings (SSSR count). The number of benzene rings is 2. The number of aromatic nitrogens is 1. The highest BCUT2D eigenvalue weighted by Crippen LogP contribution is 2.31. The summed E-state index contributed by atoms with van der Waals surface area (Å²) in [6.45, 7) is 0.581. The number of hydrogen-bond acceptors (Lipinski definition) is 7. The number of rotatable bonds is 8. The molecule has 2 aromatic carbocycles. The Morgan fingerprint density at radius 2 is 1.87 bits per heavy atom. The third-order valence-corrected chi connectivity index (χ3v) is 7.34. The topological polar surface area (TPSA) is 89.0 Å². The highest BCUT2D eigenvalue weighted by molar-refractivity contribution is 7.89. The van der Waals surface area contributed by atoms with E-state index in [1.165, 1.54) is 49.6 Å². The zero-order valence-corrected chi connectivity index (χ0v) is 18.8. The number of carbonyl (C=O) groups excluding carboxylic acids is 1. The van der Waals surface area contributed by atoms with Crippen LogP contribution in [0.4, 0.5) is 5.13 Å². The number of methoxy groups -OCH3 is 2. The molecule has 0 atom stereocenters. The molecule has 0 aliphatic rings. The predicted octanol–water partition coefficient (Wildman–Crippen LogP) is 2.85. The zero-order chi connectivity index (χ0) is 21.9. The minimum Gasteiger partial charge on any atom is -0.495 e. The first-order chi connectivity index (χ1) is 14.3. The molecule has 160 valence electrons. The monoisotopic (exact) mass is 449 g/mol. The van der Waals surface area contributed by atoms with Crippen LogP contribution in [0, 0.1) is 0 Å². The van der Waals surface area contributed by atoms with Gasteiger partial charge >= 0.3 is 0 Å². The van der Waals surface area contributed by atoms with Crippen LogP contribution in [0.25, 0.3) is 10.2 Å². The number of sulfonamides is 1. The number of hydrogen-bond donors (Lipinski definition) is 0. The average molecular weight is 450 g/mol. The molecule has 1 amide bonds. The first kappa shape index (κ1) is 22.2. The lowest BCUT2D eigenvalue weighted by molar-refractivity contribution is 0.0975. The molecule has 0 saturated carbocycles. The van der Waals surface area contributed by atoms with Crippen LogP contribution in [0.3, 0.4) is 0 Å². The molecule has 1 aromatic heterocycles. The summed E-state index contributed by atoms with van der Waals surface area (Å²) in [7, 11) is 1.99. The molecule has 0 aliphatic heterocycles. The smallest absolute Gasteiger partial charge is 0.260 e. The molecule has 10 heteroatoms. The molecule has 3 aromatic rings. The van der Waals surface area contributed by atoms with Crippen LogP contribution in [0.1, 0.15) is 10.4 Å². The summed E-state index contributed by atoms with van der Waals surface area (Å²) in [5.41, 5.74) is 1.00. The molecule has 0 N–H and O–H groups in total. The average Bonchev–Trinajstić information content (AvgIpc) is 3.17. The van der Waals surface area contributed by atoms with Gasteiger partial charge in [-0.1, -0.05) is 23.5 Å². The fraction of sp³-hybridized carbons (Fsp3) is 0.300. The highest BCUT2D eigenvalue weighted by atomic mass is 32.2. The fourth-order valence-electron chi connectivity index (χ4n) is 2.81. The number of carbonyl (C=O) groups is 1. The number of thiazole rings is 1. The summed E-state index contributed by atoms with van der Waals surface area (Å²) in [5, 5.41) is 0.520. The maximum absolute atomic E-state index is 13.4. The Labute approximate surface area is 179 Å². The van der Waals surface area contributed by atoms with Gasteiger partial charge in [-0.3, -0.25) is 9.69 Å². The van der Waals surface area contributed by atoms with E-state index >= 15 is 0 Å². The Bertz CT molecular complexity index is 1130. The van der Waals surface area contributed by atoms with Gasteiger partial charge in [0.25, 0.3) is 5.91 Å². The van der Waals surface area contributed by atoms with Crippen molar-refractivity contribution in [2.75, 3.05) is 46.4 Å². The molecule has 0 bridgehead atoms. The van der Waals surface area contributed by atoms with Crippen molar-refractivity contribution in [3.8, 4) is 5.75 Å². The molecular weight excluding hydrogens is 426 g/mol. The van der Waals surface area contributed by atoms with Crippen molar-refractivity contribution in [3.05, 3.63) is 48.0 Å². The van der Waals surface area contributed by atoms with E-state index in [0.29, 0.717) is 11.7 Å². The molecule has 0 fully saturated rings. The van der Waals surface area contributed by atoms with Gasteiger partial charge in [0.05, 0.1) is 30.5 Å². The molecule has 30 heavy (non-hydrogen) atoms. The Hall–Kier alpha value is -2.53. The van der Waals surface area contributed by atoms with Crippen LogP contribution in [0.5, 0.6) is 5.75 Å². The lowest BCUT2D eigenvalue weighted by atomic mass is 10.2. The number of nitrogens with zero attached hydrogens (tertiary/aromatic N) is 3. The van der Waals surface area contributed by atoms with Crippen LogP contribution in [-0.2, 0) is 14.8 Å². The van der Waals surface area contributed by atoms with Gasteiger partial charge in [-0.15, -0.1) is 0 Å². The van der Waals surface area contributed by atoms with Crippen LogP contribution >= 0.6 is 11.3 Å². The molecule has 0 radical (unpaired) electrons. The van der Waals surface area contributed by atoms with E-state index in [0.717, 1.165) is 14.5 Å². The van der Waals surface area contributed by atoms with E-state index in [1.807, 2.05) is 24.3 Å². The Kier molecular flexibility index (Phi) is 6.71. The van der Waals surface area contributed by atoms with Gasteiger partial charge in [0.1, 0.15) is 10.6 Å². The Balaban J connectivity index is 2.06. The minimum absolute atomic E-state index is 0.0724. The van der Waals surface area contributed by atoms with E-state index < -0.39 is 10.0 Å². The second-order valence-electron chi connectivity index (χ2n) is 6.57. The van der Waals surface area contributed by atoms with Crippen LogP contribution in [0.2, 0.25) is 0 Å². The first-order valence-corrected chi connectivity index (χ1v) is 11.3. The fourth-order valence-corrected chi connectivity index (χ4v) is 4.87. The standard InChI is InChI=1S/C20H23N3O5S2/c1-22(2)30(25,26)18-13-14(9-10-16(18)28-4)19(24)23(11-12-27-3)20-21-15-7-5-6-8-17(15)29-20/h5-10,13H,11-12H2,1-4H3. The normalized spacial score (nSPS) is 11.8. The van der Waals surface area contributed by atoms with Crippen molar-refractivity contribution in [3.63, 3.8) is 0 Å². The molecule has 8 nitrogen and oxygen atoms in total. The minimum atomic E-state index is -3.80. The summed E-state index contributed by atoms with van der Waals surface area (Å²) >= 11 is 1.39. The number of para-hydroxylation sites is 1. The quantitative estimate of drug-likeness (QED) is 0.525. The summed E-state index contributed by atoms with van der Waals surface area (Å²) in [4.78, 5) is 19.4. The first-order valence-electron chi connectivity index (χ1n) is 9.06. The lowest BCUT2D eigenvalue weighted by Crippen LogP contribution is -2.34. The number of anilines is 1. The predicted molar refractivity (Wildman–Crippen MR) is 117 cm³/mol. The van der Waals surface area contributed by atoms with Gasteiger partial charge in [-0.2, -0.15) is 0 Å². The van der Waals surface area contributed by atoms with Crippen molar-refractivity contribution in [1.82, 2.24) is 9.29 Å². The lowest BCUT2D eigenvalue weighted by Gasteiger charge is -2.21. The van der Waals surface area contributed by atoms with E-state index in [9.17, 15) is 13.2 Å². The third kappa shape index (κ3) is 4.31. The van der Waals surface area contributed by atoms with Gasteiger partial charge in [0.2, 0.25) is 10.0 Å². The molecule has 0 saturated heterocycles. The Morgan fingerprint density at radius 1 is 1.13 bits per heavy atom. The molecular formula is C20H23N3O5S2. The van der Waals surface area contributed by atoms with E-state index in [4.69, 9.17) is 9.47 Å². The molecule has 1 heterocycles. The summed E-state index contributed by atoms with van der Waals surface area (Å²) < 4.78 is 37.8. The largest absolute Gasteiger partial charge is 0.495 e. The van der Waals surface area contributed by atoms with Crippen LogP contribution in [0.15, 0.2) is 47.4 Å². The Morgan fingerprint density at radius 3 is 2.50 bits per heavy atom. The molecule has 0 unspecified atom stereocenters. The number of ether oxygens (including phenoxy) is 2. The maximum atomic E-state index is 13.4. The van der Waals surface area contributed by atoms with Gasteiger partial charge in [-0.25, -0.2) is 17.7 Å². The summed E-state index contributed by atoms with van der Waals surface area (Å²) in [6.07, 6.45) is 0. The number of fused-ring (bicyclic) bond motifs is 1. The zero-order valence-electron chi connectivity index (χ0n) is 17.2. The highest BCUT2D eigenvalue weighted by Gasteiger charge is 2.27. The van der Waals surface area contributed by atoms with Gasteiger partial charge in [0, 0.05) is 26.8 Å². The van der Waals surface area contributed by atoms with Gasteiger partial charge in [-0.05, 0) is 30.3 Å². The van der Waals surface area contributed by atoms with Gasteiger partial charge in [0.15, 0.2) is 5.13 Å². The van der Waals surface area contributed by atoms with Crippen LogP contribution < -0.4 is 9.64 Å². The van der Waals surface area contributed by atoms with E-state index in [2.05, 4.69) is 4.98 Å². The number of amides is 1. The van der Waals surface area contributed by atoms with Crippen molar-refractivity contribution in [2.24, 2.45) is 0 Å². The summed E-state index contributed by atoms with van der Waals surface area (Å²) in [6, 6.07) is 12.0. The second kappa shape index (κ2) is 9.09. The van der Waals surface area contributed by atoms with E-state index in [1.54, 1.807) is 13.2 Å². The molecule has 0 aliphatic carbocycles. The second-order valence-corrected chi connectivity index (χ2v) is 9.70. The third-order valence-electron chi connectivity index (χ3n) is 4.45.